The highest BCUT2D eigenvalue weighted by atomic mass is 35.5. The first kappa shape index (κ1) is 12.3. The summed E-state index contributed by atoms with van der Waals surface area (Å²) in [5.41, 5.74) is 1.45. The van der Waals surface area contributed by atoms with Crippen LogP contribution in [0.15, 0.2) is 24.3 Å². The topological polar surface area (TPSA) is 61.1 Å². The first-order valence-electron chi connectivity index (χ1n) is 4.67. The summed E-state index contributed by atoms with van der Waals surface area (Å²) in [6, 6.07) is 7.14. The van der Waals surface area contributed by atoms with Gasteiger partial charge in [-0.05, 0) is 17.2 Å². The fraction of sp³-hybridized carbons (Fsp3) is 0.167. The second kappa shape index (κ2) is 5.94. The Hall–Kier alpha value is -1.79. The lowest BCUT2D eigenvalue weighted by Gasteiger charge is -2.02. The predicted octanol–water partition coefficient (Wildman–Crippen LogP) is 2.89. The molecule has 1 N–H and O–H groups in total. The predicted molar refractivity (Wildman–Crippen MR) is 62.1 cm³/mol. The Morgan fingerprint density at radius 3 is 2.88 bits per heavy atom. The minimum absolute atomic E-state index is 0.0823. The SMILES string of the molecule is N#CCC=Cc1ccc(CC(=O)O)c(Cl)c1. The zero-order valence-corrected chi connectivity index (χ0v) is 9.24. The number of benzene rings is 1. The first-order valence-corrected chi connectivity index (χ1v) is 5.05. The summed E-state index contributed by atoms with van der Waals surface area (Å²) in [4.78, 5) is 10.5. The molecule has 3 nitrogen and oxygen atoms in total. The molecule has 0 aromatic heterocycles. The van der Waals surface area contributed by atoms with Crippen LogP contribution in [0.1, 0.15) is 17.5 Å². The van der Waals surface area contributed by atoms with E-state index < -0.39 is 5.97 Å². The highest BCUT2D eigenvalue weighted by Gasteiger charge is 2.05. The molecule has 1 rings (SSSR count). The van der Waals surface area contributed by atoms with Gasteiger partial charge in [0, 0.05) is 5.02 Å². The average molecular weight is 236 g/mol. The summed E-state index contributed by atoms with van der Waals surface area (Å²) in [7, 11) is 0. The van der Waals surface area contributed by atoms with Crippen LogP contribution in [0.25, 0.3) is 6.08 Å². The number of rotatable bonds is 4. The molecular weight excluding hydrogens is 226 g/mol. The van der Waals surface area contributed by atoms with Gasteiger partial charge >= 0.3 is 5.97 Å². The van der Waals surface area contributed by atoms with Crippen molar-refractivity contribution in [3.63, 3.8) is 0 Å². The van der Waals surface area contributed by atoms with E-state index in [0.717, 1.165) is 5.56 Å². The highest BCUT2D eigenvalue weighted by Crippen LogP contribution is 2.19. The summed E-state index contributed by atoms with van der Waals surface area (Å²) < 4.78 is 0. The minimum atomic E-state index is -0.908. The lowest BCUT2D eigenvalue weighted by atomic mass is 10.1. The number of aliphatic carboxylic acids is 1. The van der Waals surface area contributed by atoms with Crippen molar-refractivity contribution < 1.29 is 9.90 Å². The molecule has 82 valence electrons. The van der Waals surface area contributed by atoms with E-state index in [2.05, 4.69) is 0 Å². The molecule has 0 heterocycles. The van der Waals surface area contributed by atoms with Gasteiger partial charge in [-0.3, -0.25) is 4.79 Å². The van der Waals surface area contributed by atoms with E-state index in [-0.39, 0.29) is 6.42 Å². The normalized spacial score (nSPS) is 10.2. The van der Waals surface area contributed by atoms with Crippen LogP contribution < -0.4 is 0 Å². The van der Waals surface area contributed by atoms with Gasteiger partial charge in [-0.1, -0.05) is 35.9 Å². The van der Waals surface area contributed by atoms with E-state index in [4.69, 9.17) is 22.0 Å². The number of hydrogen-bond acceptors (Lipinski definition) is 2. The fourth-order valence-electron chi connectivity index (χ4n) is 1.22. The fourth-order valence-corrected chi connectivity index (χ4v) is 1.48. The summed E-state index contributed by atoms with van der Waals surface area (Å²) in [6.07, 6.45) is 3.76. The smallest absolute Gasteiger partial charge is 0.307 e. The van der Waals surface area contributed by atoms with E-state index in [9.17, 15) is 4.79 Å². The van der Waals surface area contributed by atoms with Crippen molar-refractivity contribution in [1.29, 1.82) is 5.26 Å². The van der Waals surface area contributed by atoms with Gasteiger partial charge in [0.1, 0.15) is 0 Å². The lowest BCUT2D eigenvalue weighted by molar-refractivity contribution is -0.136. The Bertz CT molecular complexity index is 461. The van der Waals surface area contributed by atoms with Crippen LogP contribution in [0.4, 0.5) is 0 Å². The van der Waals surface area contributed by atoms with Crippen molar-refractivity contribution in [2.45, 2.75) is 12.8 Å². The van der Waals surface area contributed by atoms with Crippen molar-refractivity contribution in [1.82, 2.24) is 0 Å². The Morgan fingerprint density at radius 1 is 1.56 bits per heavy atom. The third-order valence-corrected chi connectivity index (χ3v) is 2.29. The van der Waals surface area contributed by atoms with Crippen LogP contribution in [0, 0.1) is 11.3 Å². The molecule has 1 aromatic rings. The van der Waals surface area contributed by atoms with Gasteiger partial charge in [0.05, 0.1) is 18.9 Å². The minimum Gasteiger partial charge on any atom is -0.481 e. The quantitative estimate of drug-likeness (QED) is 0.873. The van der Waals surface area contributed by atoms with Gasteiger partial charge in [0.25, 0.3) is 0 Å². The van der Waals surface area contributed by atoms with Gasteiger partial charge in [-0.25, -0.2) is 0 Å². The number of hydrogen-bond donors (Lipinski definition) is 1. The zero-order valence-electron chi connectivity index (χ0n) is 8.48. The maximum Gasteiger partial charge on any atom is 0.307 e. The Kier molecular flexibility index (Phi) is 4.56. The third kappa shape index (κ3) is 3.76. The number of allylic oxidation sites excluding steroid dienone is 1. The number of carbonyl (C=O) groups is 1. The Labute approximate surface area is 98.6 Å². The van der Waals surface area contributed by atoms with Gasteiger partial charge in [0.2, 0.25) is 0 Å². The maximum atomic E-state index is 10.5. The van der Waals surface area contributed by atoms with Crippen LogP contribution in [-0.4, -0.2) is 11.1 Å². The van der Waals surface area contributed by atoms with Crippen LogP contribution in [-0.2, 0) is 11.2 Å². The van der Waals surface area contributed by atoms with Crippen LogP contribution >= 0.6 is 11.6 Å². The summed E-state index contributed by atoms with van der Waals surface area (Å²) in [6.45, 7) is 0. The molecule has 0 aliphatic heterocycles. The van der Waals surface area contributed by atoms with E-state index >= 15 is 0 Å². The number of halogens is 1. The molecule has 0 bridgehead atoms. The van der Waals surface area contributed by atoms with Crippen molar-refractivity contribution in [3.8, 4) is 6.07 Å². The van der Waals surface area contributed by atoms with Crippen LogP contribution in [0.2, 0.25) is 5.02 Å². The van der Waals surface area contributed by atoms with Crippen molar-refractivity contribution >= 4 is 23.6 Å². The Balaban J connectivity index is 2.83. The molecule has 0 amide bonds. The molecule has 0 fully saturated rings. The molecule has 0 unspecified atom stereocenters. The standard InChI is InChI=1S/C12H10ClNO2/c13-11-7-9(3-1-2-6-14)4-5-10(11)8-12(15)16/h1,3-5,7H,2,8H2,(H,15,16). The first-order chi connectivity index (χ1) is 7.63. The summed E-state index contributed by atoms with van der Waals surface area (Å²) >= 11 is 5.92. The monoisotopic (exact) mass is 235 g/mol. The summed E-state index contributed by atoms with van der Waals surface area (Å²) in [5, 5.41) is 17.4. The Morgan fingerprint density at radius 2 is 2.31 bits per heavy atom. The van der Waals surface area contributed by atoms with E-state index in [1.54, 1.807) is 30.4 Å². The molecule has 0 saturated heterocycles. The number of carboxylic acids is 1. The van der Waals surface area contributed by atoms with Crippen LogP contribution in [0.5, 0.6) is 0 Å². The molecule has 16 heavy (non-hydrogen) atoms. The highest BCUT2D eigenvalue weighted by molar-refractivity contribution is 6.31. The number of nitrogens with zero attached hydrogens (tertiary/aromatic N) is 1. The van der Waals surface area contributed by atoms with Gasteiger partial charge in [0.15, 0.2) is 0 Å². The van der Waals surface area contributed by atoms with E-state index in [1.807, 2.05) is 6.07 Å². The molecule has 0 aliphatic carbocycles. The molecule has 0 atom stereocenters. The van der Waals surface area contributed by atoms with E-state index in [0.29, 0.717) is 17.0 Å². The average Bonchev–Trinajstić information content (AvgIpc) is 2.22. The third-order valence-electron chi connectivity index (χ3n) is 1.94. The molecular formula is C12H10ClNO2. The zero-order chi connectivity index (χ0) is 12.0. The molecule has 0 spiro atoms. The van der Waals surface area contributed by atoms with Crippen molar-refractivity contribution in [3.05, 3.63) is 40.4 Å². The van der Waals surface area contributed by atoms with Crippen molar-refractivity contribution in [2.75, 3.05) is 0 Å². The number of nitriles is 1. The molecule has 1 aromatic carbocycles. The molecule has 0 radical (unpaired) electrons. The van der Waals surface area contributed by atoms with Crippen LogP contribution in [0.3, 0.4) is 0 Å². The largest absolute Gasteiger partial charge is 0.481 e. The molecule has 4 heteroatoms. The van der Waals surface area contributed by atoms with Gasteiger partial charge in [-0.2, -0.15) is 5.26 Å². The lowest BCUT2D eigenvalue weighted by Crippen LogP contribution is -2.00. The number of carboxylic acid groups (broad SMARTS) is 1. The van der Waals surface area contributed by atoms with E-state index in [1.165, 1.54) is 0 Å². The van der Waals surface area contributed by atoms with Gasteiger partial charge < -0.3 is 5.11 Å². The second-order valence-corrected chi connectivity index (χ2v) is 3.59. The molecule has 0 saturated carbocycles. The maximum absolute atomic E-state index is 10.5. The van der Waals surface area contributed by atoms with Crippen molar-refractivity contribution in [2.24, 2.45) is 0 Å². The second-order valence-electron chi connectivity index (χ2n) is 3.19. The summed E-state index contributed by atoms with van der Waals surface area (Å²) in [5.74, 6) is -0.908. The van der Waals surface area contributed by atoms with Gasteiger partial charge in [-0.15, -0.1) is 0 Å². The molecule has 0 aliphatic rings.